The molecular formula is C11H15ClF4N2O2S. The molecule has 0 aliphatic heterocycles. The van der Waals surface area contributed by atoms with Gasteiger partial charge in [0.1, 0.15) is 5.82 Å². The number of sulfonamides is 1. The number of nitrogens with two attached hydrogens (primary N) is 1. The predicted molar refractivity (Wildman–Crippen MR) is 72.1 cm³/mol. The molecule has 3 N–H and O–H groups in total. The van der Waals surface area contributed by atoms with Gasteiger partial charge >= 0.3 is 6.18 Å². The first-order valence-electron chi connectivity index (χ1n) is 5.66. The van der Waals surface area contributed by atoms with Crippen LogP contribution in [0.1, 0.15) is 18.9 Å². The van der Waals surface area contributed by atoms with E-state index in [1.165, 1.54) is 0 Å². The average Bonchev–Trinajstić information content (AvgIpc) is 2.26. The Bertz CT molecular complexity index is 576. The van der Waals surface area contributed by atoms with Crippen molar-refractivity contribution in [2.45, 2.75) is 30.5 Å². The number of alkyl halides is 3. The van der Waals surface area contributed by atoms with Crippen molar-refractivity contribution in [1.29, 1.82) is 0 Å². The molecular weight excluding hydrogens is 336 g/mol. The van der Waals surface area contributed by atoms with E-state index in [-0.39, 0.29) is 25.0 Å². The fraction of sp³-hybridized carbons (Fsp3) is 0.455. The van der Waals surface area contributed by atoms with Crippen molar-refractivity contribution in [3.63, 3.8) is 0 Å². The normalized spacial score (nSPS) is 13.6. The van der Waals surface area contributed by atoms with Gasteiger partial charge in [0.05, 0.1) is 10.5 Å². The second-order valence-corrected chi connectivity index (χ2v) is 6.07. The Morgan fingerprint density at radius 1 is 1.33 bits per heavy atom. The van der Waals surface area contributed by atoms with E-state index in [4.69, 9.17) is 5.73 Å². The van der Waals surface area contributed by atoms with Crippen LogP contribution in [0, 0.1) is 5.82 Å². The molecule has 21 heavy (non-hydrogen) atoms. The first-order valence-corrected chi connectivity index (χ1v) is 7.14. The van der Waals surface area contributed by atoms with E-state index in [1.807, 2.05) is 0 Å². The molecule has 1 atom stereocenters. The van der Waals surface area contributed by atoms with Gasteiger partial charge in [0.25, 0.3) is 0 Å². The highest BCUT2D eigenvalue weighted by atomic mass is 35.5. The van der Waals surface area contributed by atoms with E-state index in [9.17, 15) is 26.0 Å². The molecule has 0 radical (unpaired) electrons. The summed E-state index contributed by atoms with van der Waals surface area (Å²) in [7, 11) is -4.05. The Labute approximate surface area is 126 Å². The molecule has 4 nitrogen and oxygen atoms in total. The number of rotatable bonds is 5. The summed E-state index contributed by atoms with van der Waals surface area (Å²) in [6.45, 7) is 1.69. The van der Waals surface area contributed by atoms with Gasteiger partial charge < -0.3 is 5.73 Å². The van der Waals surface area contributed by atoms with E-state index in [0.717, 1.165) is 0 Å². The van der Waals surface area contributed by atoms with Crippen LogP contribution in [0.2, 0.25) is 0 Å². The smallest absolute Gasteiger partial charge is 0.328 e. The zero-order chi connectivity index (χ0) is 15.6. The van der Waals surface area contributed by atoms with Crippen LogP contribution >= 0.6 is 12.4 Å². The van der Waals surface area contributed by atoms with Crippen molar-refractivity contribution < 1.29 is 26.0 Å². The van der Waals surface area contributed by atoms with Crippen molar-refractivity contribution in [2.24, 2.45) is 5.73 Å². The SMILES string of the molecule is CC(N)CCNS(=O)(=O)c1ccc(C(F)(F)F)c(F)c1.Cl. The molecule has 10 heteroatoms. The summed E-state index contributed by atoms with van der Waals surface area (Å²) in [5.41, 5.74) is 3.93. The van der Waals surface area contributed by atoms with Crippen LogP contribution in [0.4, 0.5) is 17.6 Å². The monoisotopic (exact) mass is 350 g/mol. The summed E-state index contributed by atoms with van der Waals surface area (Å²) >= 11 is 0. The molecule has 0 aliphatic rings. The lowest BCUT2D eigenvalue weighted by atomic mass is 10.2. The van der Waals surface area contributed by atoms with Gasteiger partial charge in [-0.3, -0.25) is 0 Å². The minimum absolute atomic E-state index is 0. The topological polar surface area (TPSA) is 72.2 Å². The van der Waals surface area contributed by atoms with Gasteiger partial charge in [-0.15, -0.1) is 12.4 Å². The van der Waals surface area contributed by atoms with Crippen LogP contribution < -0.4 is 10.5 Å². The zero-order valence-corrected chi connectivity index (χ0v) is 12.6. The highest BCUT2D eigenvalue weighted by Gasteiger charge is 2.34. The van der Waals surface area contributed by atoms with Gasteiger partial charge in [-0.1, -0.05) is 0 Å². The average molecular weight is 351 g/mol. The van der Waals surface area contributed by atoms with Gasteiger partial charge in [-0.05, 0) is 31.5 Å². The second-order valence-electron chi connectivity index (χ2n) is 4.30. The standard InChI is InChI=1S/C11H14F4N2O2S.ClH/c1-7(16)4-5-17-20(18,19)8-2-3-9(10(12)6-8)11(13,14)15;/h2-3,6-7,17H,4-5,16H2,1H3;1H. The Kier molecular flexibility index (Phi) is 7.07. The van der Waals surface area contributed by atoms with Gasteiger partial charge in [-0.25, -0.2) is 17.5 Å². The van der Waals surface area contributed by atoms with Crippen LogP contribution in [0.15, 0.2) is 23.1 Å². The second kappa shape index (κ2) is 7.39. The fourth-order valence-electron chi connectivity index (χ4n) is 1.40. The molecule has 0 bridgehead atoms. The molecule has 1 aromatic rings. The highest BCUT2D eigenvalue weighted by Crippen LogP contribution is 2.32. The Balaban J connectivity index is 0.00000400. The van der Waals surface area contributed by atoms with E-state index >= 15 is 0 Å². The highest BCUT2D eigenvalue weighted by molar-refractivity contribution is 7.89. The number of hydrogen-bond donors (Lipinski definition) is 2. The number of nitrogens with one attached hydrogen (secondary N) is 1. The largest absolute Gasteiger partial charge is 0.419 e. The Morgan fingerprint density at radius 3 is 2.33 bits per heavy atom. The van der Waals surface area contributed by atoms with Crippen LogP contribution in [-0.4, -0.2) is 21.0 Å². The van der Waals surface area contributed by atoms with Gasteiger partial charge in [0.2, 0.25) is 10.0 Å². The lowest BCUT2D eigenvalue weighted by molar-refractivity contribution is -0.140. The van der Waals surface area contributed by atoms with Crippen molar-refractivity contribution in [1.82, 2.24) is 4.72 Å². The van der Waals surface area contributed by atoms with Gasteiger partial charge in [0.15, 0.2) is 0 Å². The molecule has 1 rings (SSSR count). The van der Waals surface area contributed by atoms with E-state index in [0.29, 0.717) is 24.6 Å². The summed E-state index contributed by atoms with van der Waals surface area (Å²) in [4.78, 5) is -0.562. The van der Waals surface area contributed by atoms with Crippen molar-refractivity contribution in [2.75, 3.05) is 6.54 Å². The number of halogens is 5. The minimum atomic E-state index is -4.87. The van der Waals surface area contributed by atoms with Crippen molar-refractivity contribution in [3.05, 3.63) is 29.6 Å². The molecule has 0 aromatic heterocycles. The molecule has 0 aliphatic carbocycles. The van der Waals surface area contributed by atoms with E-state index in [2.05, 4.69) is 4.72 Å². The maximum Gasteiger partial charge on any atom is 0.419 e. The first kappa shape index (κ1) is 20.1. The zero-order valence-electron chi connectivity index (χ0n) is 10.9. The molecule has 0 fully saturated rings. The summed E-state index contributed by atoms with van der Waals surface area (Å²) in [6, 6.07) is 1.22. The maximum atomic E-state index is 13.3. The molecule has 0 spiro atoms. The van der Waals surface area contributed by atoms with E-state index < -0.39 is 32.5 Å². The van der Waals surface area contributed by atoms with Crippen LogP contribution in [-0.2, 0) is 16.2 Å². The van der Waals surface area contributed by atoms with E-state index in [1.54, 1.807) is 6.92 Å². The van der Waals surface area contributed by atoms with Crippen molar-refractivity contribution in [3.8, 4) is 0 Å². The predicted octanol–water partition coefficient (Wildman–Crippen LogP) is 2.28. The lowest BCUT2D eigenvalue weighted by Crippen LogP contribution is -2.29. The summed E-state index contributed by atoms with van der Waals surface area (Å²) in [6.07, 6.45) is -4.52. The minimum Gasteiger partial charge on any atom is -0.328 e. The van der Waals surface area contributed by atoms with Crippen LogP contribution in [0.25, 0.3) is 0 Å². The maximum absolute atomic E-state index is 13.3. The van der Waals surface area contributed by atoms with Crippen LogP contribution in [0.5, 0.6) is 0 Å². The molecule has 0 saturated carbocycles. The Hall–Kier alpha value is -0.900. The number of hydrogen-bond acceptors (Lipinski definition) is 3. The molecule has 1 unspecified atom stereocenters. The third-order valence-electron chi connectivity index (χ3n) is 2.45. The van der Waals surface area contributed by atoms with Crippen LogP contribution in [0.3, 0.4) is 0 Å². The fourth-order valence-corrected chi connectivity index (χ4v) is 2.46. The summed E-state index contributed by atoms with van der Waals surface area (Å²) in [5, 5.41) is 0. The van der Waals surface area contributed by atoms with Gasteiger partial charge in [0, 0.05) is 12.6 Å². The molecule has 0 amide bonds. The quantitative estimate of drug-likeness (QED) is 0.800. The molecule has 122 valence electrons. The Morgan fingerprint density at radius 2 is 1.90 bits per heavy atom. The number of benzene rings is 1. The third kappa shape index (κ3) is 5.77. The molecule has 1 aromatic carbocycles. The summed E-state index contributed by atoms with van der Waals surface area (Å²) in [5.74, 6) is -1.63. The first-order chi connectivity index (χ1) is 9.04. The van der Waals surface area contributed by atoms with Gasteiger partial charge in [-0.2, -0.15) is 13.2 Å². The lowest BCUT2D eigenvalue weighted by Gasteiger charge is -2.11. The van der Waals surface area contributed by atoms with Crippen molar-refractivity contribution >= 4 is 22.4 Å². The molecule has 0 saturated heterocycles. The third-order valence-corrected chi connectivity index (χ3v) is 3.91. The molecule has 0 heterocycles. The summed E-state index contributed by atoms with van der Waals surface area (Å²) < 4.78 is 75.9.